The maximum atomic E-state index is 12.0. The number of rotatable bonds is 7. The fraction of sp³-hybridized carbons (Fsp3) is 0.333. The zero-order valence-corrected chi connectivity index (χ0v) is 14.2. The Morgan fingerprint density at radius 1 is 1.13 bits per heavy atom. The topological polar surface area (TPSA) is 54.0 Å². The number of nitrogens with one attached hydrogen (secondary N) is 2. The third kappa shape index (κ3) is 5.25. The van der Waals surface area contributed by atoms with Gasteiger partial charge in [0.2, 0.25) is 5.91 Å². The molecule has 0 fully saturated rings. The van der Waals surface area contributed by atoms with Crippen LogP contribution in [0, 0.1) is 5.92 Å². The molecule has 1 heterocycles. The van der Waals surface area contributed by atoms with Crippen LogP contribution in [0.15, 0.2) is 42.6 Å². The normalized spacial score (nSPS) is 10.6. The van der Waals surface area contributed by atoms with Gasteiger partial charge in [0.15, 0.2) is 0 Å². The highest BCUT2D eigenvalue weighted by Gasteiger charge is 2.14. The highest BCUT2D eigenvalue weighted by Crippen LogP contribution is 2.15. The molecule has 23 heavy (non-hydrogen) atoms. The minimum Gasteiger partial charge on any atom is -0.366 e. The van der Waals surface area contributed by atoms with E-state index in [4.69, 9.17) is 11.6 Å². The number of pyridine rings is 1. The Morgan fingerprint density at radius 2 is 1.83 bits per heavy atom. The molecule has 0 atom stereocenters. The van der Waals surface area contributed by atoms with E-state index in [2.05, 4.69) is 15.6 Å². The Balaban J connectivity index is 1.89. The standard InChI is InChI=1S/C18H22ClN3O/c1-3-14(4-2)18(23)22-16-9-10-17(21-12-16)20-11-13-5-7-15(19)8-6-13/h5-10,12,14H,3-4,11H2,1-2H3,(H,20,21)(H,22,23). The van der Waals surface area contributed by atoms with Gasteiger partial charge in [0.25, 0.3) is 0 Å². The molecule has 0 unspecified atom stereocenters. The van der Waals surface area contributed by atoms with Crippen molar-refractivity contribution < 1.29 is 4.79 Å². The van der Waals surface area contributed by atoms with Crippen LogP contribution in [0.4, 0.5) is 11.5 Å². The summed E-state index contributed by atoms with van der Waals surface area (Å²) in [4.78, 5) is 16.4. The first-order valence-electron chi connectivity index (χ1n) is 7.87. The summed E-state index contributed by atoms with van der Waals surface area (Å²) in [6.45, 7) is 4.72. The summed E-state index contributed by atoms with van der Waals surface area (Å²) < 4.78 is 0. The molecular weight excluding hydrogens is 310 g/mol. The monoisotopic (exact) mass is 331 g/mol. The maximum Gasteiger partial charge on any atom is 0.227 e. The lowest BCUT2D eigenvalue weighted by atomic mass is 10.0. The van der Waals surface area contributed by atoms with Crippen LogP contribution in [0.1, 0.15) is 32.3 Å². The summed E-state index contributed by atoms with van der Waals surface area (Å²) in [7, 11) is 0. The lowest BCUT2D eigenvalue weighted by Crippen LogP contribution is -2.21. The van der Waals surface area contributed by atoms with Crippen LogP contribution in [0.2, 0.25) is 5.02 Å². The van der Waals surface area contributed by atoms with E-state index in [9.17, 15) is 4.79 Å². The average Bonchev–Trinajstić information content (AvgIpc) is 2.57. The molecule has 0 radical (unpaired) electrons. The van der Waals surface area contributed by atoms with Crippen molar-refractivity contribution in [3.63, 3.8) is 0 Å². The Morgan fingerprint density at radius 3 is 2.39 bits per heavy atom. The van der Waals surface area contributed by atoms with Crippen LogP contribution in [-0.2, 0) is 11.3 Å². The van der Waals surface area contributed by atoms with E-state index < -0.39 is 0 Å². The lowest BCUT2D eigenvalue weighted by molar-refractivity contribution is -0.120. The molecule has 2 aromatic rings. The number of carbonyl (C=O) groups excluding carboxylic acids is 1. The van der Waals surface area contributed by atoms with Crippen molar-refractivity contribution in [3.8, 4) is 0 Å². The van der Waals surface area contributed by atoms with Crippen LogP contribution in [-0.4, -0.2) is 10.9 Å². The van der Waals surface area contributed by atoms with E-state index in [1.54, 1.807) is 6.20 Å². The molecule has 0 aliphatic carbocycles. The molecule has 0 aliphatic rings. The minimum atomic E-state index is 0.0534. The molecule has 5 heteroatoms. The van der Waals surface area contributed by atoms with Gasteiger partial charge in [0.05, 0.1) is 11.9 Å². The van der Waals surface area contributed by atoms with E-state index >= 15 is 0 Å². The summed E-state index contributed by atoms with van der Waals surface area (Å²) in [6.07, 6.45) is 3.36. The van der Waals surface area contributed by atoms with Crippen LogP contribution < -0.4 is 10.6 Å². The molecule has 0 aliphatic heterocycles. The van der Waals surface area contributed by atoms with E-state index in [0.29, 0.717) is 6.54 Å². The van der Waals surface area contributed by atoms with Gasteiger partial charge in [-0.1, -0.05) is 37.6 Å². The average molecular weight is 332 g/mol. The van der Waals surface area contributed by atoms with Crippen molar-refractivity contribution in [2.75, 3.05) is 10.6 Å². The lowest BCUT2D eigenvalue weighted by Gasteiger charge is -2.13. The summed E-state index contributed by atoms with van der Waals surface area (Å²) in [5, 5.41) is 6.87. The summed E-state index contributed by atoms with van der Waals surface area (Å²) in [5.74, 6) is 0.872. The van der Waals surface area contributed by atoms with E-state index in [0.717, 1.165) is 34.9 Å². The van der Waals surface area contributed by atoms with Crippen molar-refractivity contribution in [3.05, 3.63) is 53.2 Å². The highest BCUT2D eigenvalue weighted by atomic mass is 35.5. The van der Waals surface area contributed by atoms with Crippen LogP contribution in [0.5, 0.6) is 0 Å². The molecule has 1 aromatic carbocycles. The number of amides is 1. The van der Waals surface area contributed by atoms with Gasteiger partial charge >= 0.3 is 0 Å². The second-order valence-corrected chi connectivity index (χ2v) is 5.85. The second-order valence-electron chi connectivity index (χ2n) is 5.41. The van der Waals surface area contributed by atoms with Crippen molar-refractivity contribution in [2.24, 2.45) is 5.92 Å². The van der Waals surface area contributed by atoms with Crippen molar-refractivity contribution in [1.82, 2.24) is 4.98 Å². The van der Waals surface area contributed by atoms with E-state index in [1.807, 2.05) is 50.2 Å². The molecule has 1 aromatic heterocycles. The highest BCUT2D eigenvalue weighted by molar-refractivity contribution is 6.30. The maximum absolute atomic E-state index is 12.0. The Labute approximate surface area is 142 Å². The molecule has 2 N–H and O–H groups in total. The predicted octanol–water partition coefficient (Wildman–Crippen LogP) is 4.72. The van der Waals surface area contributed by atoms with Crippen LogP contribution in [0.25, 0.3) is 0 Å². The smallest absolute Gasteiger partial charge is 0.227 e. The third-order valence-corrected chi connectivity index (χ3v) is 4.03. The van der Waals surface area contributed by atoms with Gasteiger partial charge in [-0.05, 0) is 42.7 Å². The second kappa shape index (κ2) is 8.53. The molecule has 0 spiro atoms. The quantitative estimate of drug-likeness (QED) is 0.771. The number of hydrogen-bond acceptors (Lipinski definition) is 3. The fourth-order valence-corrected chi connectivity index (χ4v) is 2.40. The van der Waals surface area contributed by atoms with Gasteiger partial charge in [-0.25, -0.2) is 4.98 Å². The zero-order chi connectivity index (χ0) is 16.7. The third-order valence-electron chi connectivity index (χ3n) is 3.77. The summed E-state index contributed by atoms with van der Waals surface area (Å²) in [5.41, 5.74) is 1.85. The van der Waals surface area contributed by atoms with Gasteiger partial charge in [0.1, 0.15) is 5.82 Å². The van der Waals surface area contributed by atoms with Crippen molar-refractivity contribution in [1.29, 1.82) is 0 Å². The molecule has 122 valence electrons. The van der Waals surface area contributed by atoms with Gasteiger partial charge in [-0.15, -0.1) is 0 Å². The largest absolute Gasteiger partial charge is 0.366 e. The Hall–Kier alpha value is -2.07. The molecule has 0 saturated heterocycles. The predicted molar refractivity (Wildman–Crippen MR) is 95.7 cm³/mol. The number of hydrogen-bond donors (Lipinski definition) is 2. The van der Waals surface area contributed by atoms with Crippen LogP contribution in [0.3, 0.4) is 0 Å². The van der Waals surface area contributed by atoms with Gasteiger partial charge in [0, 0.05) is 17.5 Å². The number of nitrogens with zero attached hydrogens (tertiary/aromatic N) is 1. The summed E-state index contributed by atoms with van der Waals surface area (Å²) in [6, 6.07) is 11.4. The first-order valence-corrected chi connectivity index (χ1v) is 8.25. The Bertz CT molecular complexity index is 622. The Kier molecular flexibility index (Phi) is 6.41. The SMILES string of the molecule is CCC(CC)C(=O)Nc1ccc(NCc2ccc(Cl)cc2)nc1. The number of benzene rings is 1. The summed E-state index contributed by atoms with van der Waals surface area (Å²) >= 11 is 5.86. The first-order chi connectivity index (χ1) is 11.1. The number of anilines is 2. The molecule has 1 amide bonds. The number of halogens is 1. The zero-order valence-electron chi connectivity index (χ0n) is 13.5. The van der Waals surface area contributed by atoms with Crippen molar-refractivity contribution in [2.45, 2.75) is 33.2 Å². The van der Waals surface area contributed by atoms with E-state index in [1.165, 1.54) is 0 Å². The van der Waals surface area contributed by atoms with Gasteiger partial charge in [-0.3, -0.25) is 4.79 Å². The molecule has 0 saturated carbocycles. The van der Waals surface area contributed by atoms with Crippen LogP contribution >= 0.6 is 11.6 Å². The first kappa shape index (κ1) is 17.3. The number of carbonyl (C=O) groups is 1. The fourth-order valence-electron chi connectivity index (χ4n) is 2.27. The molecule has 0 bridgehead atoms. The molecular formula is C18H22ClN3O. The van der Waals surface area contributed by atoms with Gasteiger partial charge in [-0.2, -0.15) is 0 Å². The number of aromatic nitrogens is 1. The van der Waals surface area contributed by atoms with E-state index in [-0.39, 0.29) is 11.8 Å². The van der Waals surface area contributed by atoms with Crippen molar-refractivity contribution >= 4 is 29.0 Å². The minimum absolute atomic E-state index is 0.0534. The molecule has 4 nitrogen and oxygen atoms in total. The van der Waals surface area contributed by atoms with Gasteiger partial charge < -0.3 is 10.6 Å². The molecule has 2 rings (SSSR count).